The number of benzene rings is 3. The van der Waals surface area contributed by atoms with Gasteiger partial charge in [0.1, 0.15) is 6.54 Å². The minimum atomic E-state index is -4.00. The van der Waals surface area contributed by atoms with Gasteiger partial charge >= 0.3 is 0 Å². The zero-order valence-electron chi connectivity index (χ0n) is 17.4. The average molecular weight is 535 g/mol. The number of sulfonamides is 1. The first-order valence-electron chi connectivity index (χ1n) is 9.61. The molecule has 9 heteroatoms. The van der Waals surface area contributed by atoms with E-state index in [1.54, 1.807) is 43.3 Å². The van der Waals surface area contributed by atoms with Gasteiger partial charge in [0.2, 0.25) is 0 Å². The maximum absolute atomic E-state index is 13.3. The highest BCUT2D eigenvalue weighted by Gasteiger charge is 2.27. The van der Waals surface area contributed by atoms with Crippen molar-refractivity contribution in [2.45, 2.75) is 18.7 Å². The van der Waals surface area contributed by atoms with Crippen molar-refractivity contribution in [3.8, 4) is 0 Å². The number of hydrazone groups is 1. The van der Waals surface area contributed by atoms with Crippen LogP contribution in [0.4, 0.5) is 5.69 Å². The minimum Gasteiger partial charge on any atom is -0.271 e. The van der Waals surface area contributed by atoms with E-state index >= 15 is 0 Å². The lowest BCUT2D eigenvalue weighted by Gasteiger charge is -2.24. The molecule has 0 saturated heterocycles. The normalized spacial score (nSPS) is 11.8. The Balaban J connectivity index is 1.87. The summed E-state index contributed by atoms with van der Waals surface area (Å²) in [6.45, 7) is 3.17. The number of aryl methyl sites for hydroxylation is 1. The number of halogens is 2. The largest absolute Gasteiger partial charge is 0.271 e. The van der Waals surface area contributed by atoms with Gasteiger partial charge in [-0.3, -0.25) is 9.10 Å². The fraction of sp³-hybridized carbons (Fsp3) is 0.130. The molecule has 0 aliphatic carbocycles. The van der Waals surface area contributed by atoms with Gasteiger partial charge in [0.15, 0.2) is 0 Å². The second-order valence-electron chi connectivity index (χ2n) is 7.04. The number of hydrogen-bond donors (Lipinski definition) is 1. The van der Waals surface area contributed by atoms with Crippen LogP contribution in [-0.2, 0) is 14.8 Å². The van der Waals surface area contributed by atoms with E-state index < -0.39 is 22.5 Å². The van der Waals surface area contributed by atoms with Crippen LogP contribution < -0.4 is 9.73 Å². The van der Waals surface area contributed by atoms with E-state index in [1.807, 2.05) is 31.2 Å². The zero-order valence-corrected chi connectivity index (χ0v) is 20.6. The van der Waals surface area contributed by atoms with Crippen molar-refractivity contribution in [1.29, 1.82) is 0 Å². The summed E-state index contributed by atoms with van der Waals surface area (Å²) in [7, 11) is -4.00. The fourth-order valence-corrected chi connectivity index (χ4v) is 4.80. The Hall–Kier alpha value is -2.68. The molecule has 3 aromatic carbocycles. The number of hydrogen-bond acceptors (Lipinski definition) is 4. The van der Waals surface area contributed by atoms with Gasteiger partial charge in [0, 0.05) is 9.50 Å². The summed E-state index contributed by atoms with van der Waals surface area (Å²) in [6.07, 6.45) is 0. The van der Waals surface area contributed by atoms with Crippen molar-refractivity contribution < 1.29 is 13.2 Å². The predicted molar refractivity (Wildman–Crippen MR) is 132 cm³/mol. The molecule has 0 atom stereocenters. The Morgan fingerprint density at radius 1 is 1.06 bits per heavy atom. The third-order valence-corrected chi connectivity index (χ3v) is 7.13. The van der Waals surface area contributed by atoms with Crippen molar-refractivity contribution in [2.75, 3.05) is 10.8 Å². The van der Waals surface area contributed by atoms with Gasteiger partial charge in [0.05, 0.1) is 16.3 Å². The first-order chi connectivity index (χ1) is 15.2. The molecule has 3 aromatic rings. The topological polar surface area (TPSA) is 78.8 Å². The van der Waals surface area contributed by atoms with Gasteiger partial charge in [-0.2, -0.15) is 5.10 Å². The molecule has 3 rings (SSSR count). The Morgan fingerprint density at radius 2 is 1.72 bits per heavy atom. The van der Waals surface area contributed by atoms with Crippen LogP contribution in [0, 0.1) is 6.92 Å². The molecule has 0 fully saturated rings. The van der Waals surface area contributed by atoms with Crippen molar-refractivity contribution >= 4 is 54.9 Å². The van der Waals surface area contributed by atoms with Gasteiger partial charge in [-0.05, 0) is 67.9 Å². The molecule has 0 aromatic heterocycles. The second-order valence-corrected chi connectivity index (χ2v) is 10.3. The summed E-state index contributed by atoms with van der Waals surface area (Å²) in [5.74, 6) is -0.579. The van der Waals surface area contributed by atoms with Crippen molar-refractivity contribution in [2.24, 2.45) is 5.10 Å². The number of rotatable bonds is 7. The van der Waals surface area contributed by atoms with E-state index in [1.165, 1.54) is 12.1 Å². The molecule has 0 aliphatic heterocycles. The molecule has 0 spiro atoms. The lowest BCUT2D eigenvalue weighted by molar-refractivity contribution is -0.119. The summed E-state index contributed by atoms with van der Waals surface area (Å²) in [5.41, 5.74) is 5.09. The van der Waals surface area contributed by atoms with Crippen molar-refractivity contribution in [1.82, 2.24) is 5.43 Å². The van der Waals surface area contributed by atoms with E-state index in [9.17, 15) is 13.2 Å². The Bertz CT molecular complexity index is 1240. The van der Waals surface area contributed by atoms with Crippen molar-refractivity contribution in [3.63, 3.8) is 0 Å². The predicted octanol–water partition coefficient (Wildman–Crippen LogP) is 5.15. The first-order valence-corrected chi connectivity index (χ1v) is 12.2. The number of nitrogens with one attached hydrogen (secondary N) is 1. The smallest absolute Gasteiger partial charge is 0.264 e. The van der Waals surface area contributed by atoms with Crippen LogP contribution in [0.2, 0.25) is 5.02 Å². The molecule has 0 radical (unpaired) electrons. The molecular weight excluding hydrogens is 514 g/mol. The second kappa shape index (κ2) is 10.3. The maximum atomic E-state index is 13.3. The van der Waals surface area contributed by atoms with Gasteiger partial charge in [-0.1, -0.05) is 57.4 Å². The average Bonchev–Trinajstić information content (AvgIpc) is 2.77. The van der Waals surface area contributed by atoms with E-state index in [4.69, 9.17) is 11.6 Å². The molecule has 32 heavy (non-hydrogen) atoms. The van der Waals surface area contributed by atoms with Crippen LogP contribution >= 0.6 is 27.5 Å². The van der Waals surface area contributed by atoms with Gasteiger partial charge < -0.3 is 0 Å². The monoisotopic (exact) mass is 533 g/mol. The molecule has 0 unspecified atom stereocenters. The van der Waals surface area contributed by atoms with Crippen LogP contribution in [0.15, 0.2) is 87.3 Å². The third kappa shape index (κ3) is 5.97. The summed E-state index contributed by atoms with van der Waals surface area (Å²) >= 11 is 9.35. The Labute approximate surface area is 201 Å². The summed E-state index contributed by atoms with van der Waals surface area (Å²) < 4.78 is 28.6. The van der Waals surface area contributed by atoms with E-state index in [2.05, 4.69) is 26.5 Å². The molecule has 0 heterocycles. The SMILES string of the molecule is C/C(=N/NC(=O)CN(c1ccc(Cl)cc1)S(=O)(=O)c1ccc(C)cc1)c1cccc(Br)c1. The number of carbonyl (C=O) groups excluding carboxylic acids is 1. The number of carbonyl (C=O) groups is 1. The summed E-state index contributed by atoms with van der Waals surface area (Å²) in [6, 6.07) is 20.2. The van der Waals surface area contributed by atoms with E-state index in [0.29, 0.717) is 16.4 Å². The quantitative estimate of drug-likeness (QED) is 0.336. The standard InChI is InChI=1S/C23H21BrClN3O3S/c1-16-6-12-22(13-7-16)32(30,31)28(21-10-8-20(25)9-11-21)15-23(29)27-26-17(2)18-4-3-5-19(24)14-18/h3-14H,15H2,1-2H3,(H,27,29)/b26-17-. The molecule has 0 aliphatic rings. The summed E-state index contributed by atoms with van der Waals surface area (Å²) in [4.78, 5) is 12.8. The molecule has 166 valence electrons. The number of nitrogens with zero attached hydrogens (tertiary/aromatic N) is 2. The summed E-state index contributed by atoms with van der Waals surface area (Å²) in [5, 5.41) is 4.57. The van der Waals surface area contributed by atoms with Crippen LogP contribution in [0.25, 0.3) is 0 Å². The molecule has 1 amide bonds. The minimum absolute atomic E-state index is 0.0830. The molecule has 1 N–H and O–H groups in total. The molecular formula is C23H21BrClN3O3S. The fourth-order valence-electron chi connectivity index (χ4n) is 2.85. The zero-order chi connectivity index (χ0) is 23.3. The Kier molecular flexibility index (Phi) is 7.71. The van der Waals surface area contributed by atoms with Crippen LogP contribution in [0.1, 0.15) is 18.1 Å². The third-order valence-electron chi connectivity index (χ3n) is 4.60. The lowest BCUT2D eigenvalue weighted by Crippen LogP contribution is -2.39. The highest BCUT2D eigenvalue weighted by atomic mass is 79.9. The van der Waals surface area contributed by atoms with Crippen molar-refractivity contribution in [3.05, 3.63) is 93.4 Å². The molecule has 0 bridgehead atoms. The van der Waals surface area contributed by atoms with Gasteiger partial charge in [-0.15, -0.1) is 0 Å². The molecule has 6 nitrogen and oxygen atoms in total. The van der Waals surface area contributed by atoms with Gasteiger partial charge in [0.25, 0.3) is 15.9 Å². The highest BCUT2D eigenvalue weighted by molar-refractivity contribution is 9.10. The van der Waals surface area contributed by atoms with E-state index in [-0.39, 0.29) is 4.90 Å². The Morgan fingerprint density at radius 3 is 2.34 bits per heavy atom. The van der Waals surface area contributed by atoms with Crippen LogP contribution in [0.3, 0.4) is 0 Å². The number of amides is 1. The van der Waals surface area contributed by atoms with Gasteiger partial charge in [-0.25, -0.2) is 13.8 Å². The highest BCUT2D eigenvalue weighted by Crippen LogP contribution is 2.25. The van der Waals surface area contributed by atoms with Crippen LogP contribution in [0.5, 0.6) is 0 Å². The lowest BCUT2D eigenvalue weighted by atomic mass is 10.1. The first kappa shape index (κ1) is 24.0. The van der Waals surface area contributed by atoms with E-state index in [0.717, 1.165) is 19.9 Å². The maximum Gasteiger partial charge on any atom is 0.264 e. The van der Waals surface area contributed by atoms with Crippen LogP contribution in [-0.4, -0.2) is 26.6 Å². The number of anilines is 1. The molecule has 0 saturated carbocycles.